The maximum absolute atomic E-state index is 13.3. The molecule has 1 aromatic carbocycles. The summed E-state index contributed by atoms with van der Waals surface area (Å²) >= 11 is 0. The van der Waals surface area contributed by atoms with E-state index in [2.05, 4.69) is 0 Å². The standard InChI is InChI=1S/C21H29N3O4S/c1-3-10-22-12-8-21(20(22)26)9-13-23(15-21)29(27,28)18-6-7-19-17(14-18)5-4-11-24(19)16(2)25/h6-7,14H,3-5,8-13,15H2,1-2H3. The molecule has 1 spiro atoms. The molecule has 1 atom stereocenters. The van der Waals surface area contributed by atoms with Crippen molar-refractivity contribution in [3.8, 4) is 0 Å². The van der Waals surface area contributed by atoms with Crippen LogP contribution < -0.4 is 4.90 Å². The second kappa shape index (κ2) is 7.40. The van der Waals surface area contributed by atoms with E-state index in [4.69, 9.17) is 0 Å². The number of amides is 2. The molecular formula is C21H29N3O4S. The number of sulfonamides is 1. The molecule has 1 unspecified atom stereocenters. The van der Waals surface area contributed by atoms with E-state index in [-0.39, 0.29) is 23.3 Å². The fourth-order valence-electron chi connectivity index (χ4n) is 5.00. The third kappa shape index (κ3) is 3.36. The largest absolute Gasteiger partial charge is 0.342 e. The van der Waals surface area contributed by atoms with Crippen molar-refractivity contribution in [1.82, 2.24) is 9.21 Å². The number of hydrogen-bond acceptors (Lipinski definition) is 4. The molecule has 0 aromatic heterocycles. The second-order valence-corrected chi connectivity index (χ2v) is 10.4. The quantitative estimate of drug-likeness (QED) is 0.748. The Bertz CT molecular complexity index is 945. The molecular weight excluding hydrogens is 390 g/mol. The highest BCUT2D eigenvalue weighted by atomic mass is 32.2. The van der Waals surface area contributed by atoms with E-state index in [1.807, 2.05) is 11.8 Å². The highest BCUT2D eigenvalue weighted by Gasteiger charge is 2.52. The number of anilines is 1. The summed E-state index contributed by atoms with van der Waals surface area (Å²) in [5.41, 5.74) is 1.15. The van der Waals surface area contributed by atoms with Crippen molar-refractivity contribution in [3.05, 3.63) is 23.8 Å². The molecule has 0 aliphatic carbocycles. The zero-order chi connectivity index (χ0) is 20.8. The lowest BCUT2D eigenvalue weighted by atomic mass is 9.86. The summed E-state index contributed by atoms with van der Waals surface area (Å²) in [5.74, 6) is 0.0824. The number of nitrogens with zero attached hydrogens (tertiary/aromatic N) is 3. The van der Waals surface area contributed by atoms with E-state index < -0.39 is 15.4 Å². The van der Waals surface area contributed by atoms with Gasteiger partial charge in [0, 0.05) is 45.3 Å². The Morgan fingerprint density at radius 2 is 1.93 bits per heavy atom. The van der Waals surface area contributed by atoms with E-state index in [1.54, 1.807) is 23.1 Å². The van der Waals surface area contributed by atoms with Gasteiger partial charge in [-0.2, -0.15) is 4.31 Å². The average Bonchev–Trinajstić information content (AvgIpc) is 3.27. The first-order valence-electron chi connectivity index (χ1n) is 10.5. The topological polar surface area (TPSA) is 78.0 Å². The van der Waals surface area contributed by atoms with Crippen LogP contribution in [-0.2, 0) is 26.0 Å². The molecule has 29 heavy (non-hydrogen) atoms. The Morgan fingerprint density at radius 3 is 2.66 bits per heavy atom. The summed E-state index contributed by atoms with van der Waals surface area (Å²) in [5, 5.41) is 0. The molecule has 3 aliphatic heterocycles. The lowest BCUT2D eigenvalue weighted by Crippen LogP contribution is -2.38. The van der Waals surface area contributed by atoms with Crippen LogP contribution in [0.25, 0.3) is 0 Å². The van der Waals surface area contributed by atoms with Crippen molar-refractivity contribution >= 4 is 27.5 Å². The van der Waals surface area contributed by atoms with Crippen molar-refractivity contribution in [2.24, 2.45) is 5.41 Å². The fraction of sp³-hybridized carbons (Fsp3) is 0.619. The van der Waals surface area contributed by atoms with Gasteiger partial charge in [0.15, 0.2) is 0 Å². The van der Waals surface area contributed by atoms with Crippen LogP contribution in [0.15, 0.2) is 23.1 Å². The monoisotopic (exact) mass is 419 g/mol. The number of benzene rings is 1. The summed E-state index contributed by atoms with van der Waals surface area (Å²) in [6.45, 7) is 6.36. The molecule has 3 aliphatic rings. The maximum Gasteiger partial charge on any atom is 0.243 e. The molecule has 2 saturated heterocycles. The number of carbonyl (C=O) groups is 2. The van der Waals surface area contributed by atoms with Gasteiger partial charge in [-0.25, -0.2) is 8.42 Å². The second-order valence-electron chi connectivity index (χ2n) is 8.48. The first-order chi connectivity index (χ1) is 13.8. The summed E-state index contributed by atoms with van der Waals surface area (Å²) in [7, 11) is -3.67. The van der Waals surface area contributed by atoms with Gasteiger partial charge >= 0.3 is 0 Å². The summed E-state index contributed by atoms with van der Waals surface area (Å²) < 4.78 is 28.1. The van der Waals surface area contributed by atoms with Crippen LogP contribution in [-0.4, -0.2) is 62.2 Å². The average molecular weight is 420 g/mol. The van der Waals surface area contributed by atoms with Crippen molar-refractivity contribution in [3.63, 3.8) is 0 Å². The maximum atomic E-state index is 13.3. The predicted octanol–water partition coefficient (Wildman–Crippen LogP) is 2.01. The van der Waals surface area contributed by atoms with E-state index in [0.717, 1.165) is 50.0 Å². The molecule has 1 aromatic rings. The SMILES string of the molecule is CCCN1CCC2(CCN(S(=O)(=O)c3ccc4c(c3)CCCN4C(C)=O)C2)C1=O. The molecule has 0 saturated carbocycles. The van der Waals surface area contributed by atoms with Crippen LogP contribution in [0.4, 0.5) is 5.69 Å². The van der Waals surface area contributed by atoms with Crippen LogP contribution in [0.5, 0.6) is 0 Å². The van der Waals surface area contributed by atoms with Crippen molar-refractivity contribution in [2.45, 2.75) is 50.8 Å². The van der Waals surface area contributed by atoms with Crippen LogP contribution >= 0.6 is 0 Å². The van der Waals surface area contributed by atoms with Gasteiger partial charge in [0.05, 0.1) is 10.3 Å². The van der Waals surface area contributed by atoms with Crippen LogP contribution in [0.1, 0.15) is 45.1 Å². The van der Waals surface area contributed by atoms with Crippen molar-refractivity contribution in [1.29, 1.82) is 0 Å². The molecule has 0 N–H and O–H groups in total. The third-order valence-corrected chi connectivity index (χ3v) is 8.44. The number of aryl methyl sites for hydroxylation is 1. The van der Waals surface area contributed by atoms with Gasteiger partial charge in [-0.3, -0.25) is 9.59 Å². The number of carbonyl (C=O) groups excluding carboxylic acids is 2. The third-order valence-electron chi connectivity index (χ3n) is 6.60. The van der Waals surface area contributed by atoms with Crippen LogP contribution in [0, 0.1) is 5.41 Å². The van der Waals surface area contributed by atoms with Gasteiger partial charge in [0.25, 0.3) is 0 Å². The molecule has 2 amide bonds. The minimum atomic E-state index is -3.67. The Kier molecular flexibility index (Phi) is 5.19. The lowest BCUT2D eigenvalue weighted by molar-refractivity contribution is -0.135. The zero-order valence-corrected chi connectivity index (χ0v) is 18.0. The molecule has 7 nitrogen and oxygen atoms in total. The molecule has 3 heterocycles. The number of fused-ring (bicyclic) bond motifs is 1. The van der Waals surface area contributed by atoms with Gasteiger partial charge in [-0.1, -0.05) is 6.92 Å². The normalized spacial score (nSPS) is 25.1. The van der Waals surface area contributed by atoms with E-state index >= 15 is 0 Å². The molecule has 0 bridgehead atoms. The summed E-state index contributed by atoms with van der Waals surface area (Å²) in [6, 6.07) is 5.06. The lowest BCUT2D eigenvalue weighted by Gasteiger charge is -2.29. The first-order valence-corrected chi connectivity index (χ1v) is 11.9. The van der Waals surface area contributed by atoms with Crippen molar-refractivity contribution < 1.29 is 18.0 Å². The summed E-state index contributed by atoms with van der Waals surface area (Å²) in [6.07, 6.45) is 3.82. The van der Waals surface area contributed by atoms with Crippen molar-refractivity contribution in [2.75, 3.05) is 37.6 Å². The first kappa shape index (κ1) is 20.3. The van der Waals surface area contributed by atoms with E-state index in [9.17, 15) is 18.0 Å². The Balaban J connectivity index is 1.57. The zero-order valence-electron chi connectivity index (χ0n) is 17.2. The van der Waals surface area contributed by atoms with Crippen LogP contribution in [0.3, 0.4) is 0 Å². The van der Waals surface area contributed by atoms with E-state index in [1.165, 1.54) is 11.2 Å². The van der Waals surface area contributed by atoms with Gasteiger partial charge in [-0.05, 0) is 55.9 Å². The summed E-state index contributed by atoms with van der Waals surface area (Å²) in [4.78, 5) is 28.6. The predicted molar refractivity (Wildman–Crippen MR) is 110 cm³/mol. The molecule has 8 heteroatoms. The molecule has 2 fully saturated rings. The van der Waals surface area contributed by atoms with Gasteiger partial charge in [0.2, 0.25) is 21.8 Å². The highest BCUT2D eigenvalue weighted by molar-refractivity contribution is 7.89. The number of rotatable bonds is 4. The van der Waals surface area contributed by atoms with Gasteiger partial charge in [-0.15, -0.1) is 0 Å². The minimum absolute atomic E-state index is 0.0283. The smallest absolute Gasteiger partial charge is 0.243 e. The molecule has 158 valence electrons. The van der Waals surface area contributed by atoms with Gasteiger partial charge < -0.3 is 9.80 Å². The molecule has 4 rings (SSSR count). The van der Waals surface area contributed by atoms with Crippen LogP contribution in [0.2, 0.25) is 0 Å². The Morgan fingerprint density at radius 1 is 1.17 bits per heavy atom. The minimum Gasteiger partial charge on any atom is -0.342 e. The molecule has 0 radical (unpaired) electrons. The Hall–Kier alpha value is -1.93. The number of hydrogen-bond donors (Lipinski definition) is 0. The fourth-order valence-corrected chi connectivity index (χ4v) is 6.58. The number of likely N-dealkylation sites (tertiary alicyclic amines) is 1. The highest BCUT2D eigenvalue weighted by Crippen LogP contribution is 2.42. The van der Waals surface area contributed by atoms with E-state index in [0.29, 0.717) is 19.5 Å². The van der Waals surface area contributed by atoms with Gasteiger partial charge in [0.1, 0.15) is 0 Å². The Labute approximate surface area is 172 Å².